The van der Waals surface area contributed by atoms with Crippen molar-refractivity contribution in [3.8, 4) is 5.75 Å². The molecule has 0 aliphatic rings. The first-order valence-corrected chi connectivity index (χ1v) is 13.8. The lowest BCUT2D eigenvalue weighted by Crippen LogP contribution is -2.30. The Hall–Kier alpha value is -4.60. The summed E-state index contributed by atoms with van der Waals surface area (Å²) in [6.07, 6.45) is 3.04. The van der Waals surface area contributed by atoms with Crippen LogP contribution in [0.1, 0.15) is 22.8 Å². The largest absolute Gasteiger partial charge is 0.497 e. The van der Waals surface area contributed by atoms with Crippen LogP contribution in [0.25, 0.3) is 6.08 Å². The molecule has 3 N–H and O–H groups in total. The molecule has 1 heterocycles. The summed E-state index contributed by atoms with van der Waals surface area (Å²) in [5, 5.41) is 8.35. The molecule has 208 valence electrons. The first kappa shape index (κ1) is 29.4. The summed E-state index contributed by atoms with van der Waals surface area (Å²) in [6, 6.07) is 26.1. The number of ether oxygens (including phenoxy) is 1. The van der Waals surface area contributed by atoms with Gasteiger partial charge >= 0.3 is 0 Å². The van der Waals surface area contributed by atoms with Gasteiger partial charge in [-0.15, -0.1) is 11.8 Å². The van der Waals surface area contributed by atoms with Crippen LogP contribution in [0.4, 0.5) is 11.5 Å². The number of pyridine rings is 1. The first-order chi connectivity index (χ1) is 19.8. The number of nitrogens with one attached hydrogen (secondary N) is 3. The number of rotatable bonds is 10. The number of carbonyl (C=O) groups is 3. The summed E-state index contributed by atoms with van der Waals surface area (Å²) in [4.78, 5) is 43.8. The summed E-state index contributed by atoms with van der Waals surface area (Å²) in [5.41, 5.74) is 1.63. The highest BCUT2D eigenvalue weighted by molar-refractivity contribution is 8.00. The summed E-state index contributed by atoms with van der Waals surface area (Å²) >= 11 is 7.18. The molecule has 1 atom stereocenters. The summed E-state index contributed by atoms with van der Waals surface area (Å²) in [6.45, 7) is 1.77. The standard InChI is InChI=1S/C31H27ClN4O4S/c1-20(29(37)36-28-15-14-23(32)19-33-28)41-26-13-7-11-24(18-26)34-31(39)27(17-21-8-6-12-25(16-21)40-2)35-30(38)22-9-4-3-5-10-22/h3-20H,1-2H3,(H,34,39)(H,35,38)(H,33,36,37)/b27-17-. The van der Waals surface area contributed by atoms with Crippen LogP contribution in [-0.4, -0.2) is 35.1 Å². The second kappa shape index (κ2) is 14.2. The highest BCUT2D eigenvalue weighted by Crippen LogP contribution is 2.27. The Bertz CT molecular complexity index is 1560. The molecule has 0 aliphatic carbocycles. The topological polar surface area (TPSA) is 109 Å². The van der Waals surface area contributed by atoms with E-state index < -0.39 is 17.1 Å². The Balaban J connectivity index is 1.49. The average Bonchev–Trinajstić information content (AvgIpc) is 2.98. The number of anilines is 2. The van der Waals surface area contributed by atoms with Crippen LogP contribution in [0.2, 0.25) is 5.02 Å². The van der Waals surface area contributed by atoms with Crippen LogP contribution >= 0.6 is 23.4 Å². The van der Waals surface area contributed by atoms with Crippen molar-refractivity contribution >= 4 is 58.7 Å². The van der Waals surface area contributed by atoms with E-state index in [0.717, 1.165) is 4.90 Å². The molecule has 0 saturated heterocycles. The maximum atomic E-state index is 13.4. The Labute approximate surface area is 247 Å². The monoisotopic (exact) mass is 586 g/mol. The molecule has 1 aromatic heterocycles. The van der Waals surface area contributed by atoms with Crippen molar-refractivity contribution in [1.29, 1.82) is 0 Å². The number of benzene rings is 3. The lowest BCUT2D eigenvalue weighted by Gasteiger charge is -2.14. The first-order valence-electron chi connectivity index (χ1n) is 12.5. The van der Waals surface area contributed by atoms with Gasteiger partial charge in [-0.05, 0) is 73.2 Å². The summed E-state index contributed by atoms with van der Waals surface area (Å²) < 4.78 is 5.29. The third-order valence-corrected chi connectivity index (χ3v) is 7.00. The zero-order valence-electron chi connectivity index (χ0n) is 22.3. The van der Waals surface area contributed by atoms with Crippen LogP contribution in [0.5, 0.6) is 5.75 Å². The molecule has 1 unspecified atom stereocenters. The van der Waals surface area contributed by atoms with Crippen molar-refractivity contribution in [3.63, 3.8) is 0 Å². The van der Waals surface area contributed by atoms with Gasteiger partial charge in [0.25, 0.3) is 11.8 Å². The van der Waals surface area contributed by atoms with Crippen LogP contribution in [0.3, 0.4) is 0 Å². The van der Waals surface area contributed by atoms with E-state index in [2.05, 4.69) is 20.9 Å². The van der Waals surface area contributed by atoms with Gasteiger partial charge in [0, 0.05) is 22.3 Å². The molecule has 0 aliphatic heterocycles. The van der Waals surface area contributed by atoms with Gasteiger partial charge in [0.1, 0.15) is 17.3 Å². The number of hydrogen-bond acceptors (Lipinski definition) is 6. The molecule has 0 fully saturated rings. The van der Waals surface area contributed by atoms with E-state index in [1.54, 1.807) is 105 Å². The second-order valence-corrected chi connectivity index (χ2v) is 10.6. The van der Waals surface area contributed by atoms with Crippen molar-refractivity contribution < 1.29 is 19.1 Å². The van der Waals surface area contributed by atoms with Crippen molar-refractivity contribution in [2.75, 3.05) is 17.7 Å². The average molecular weight is 587 g/mol. The third kappa shape index (κ3) is 8.69. The van der Waals surface area contributed by atoms with Crippen LogP contribution in [0, 0.1) is 0 Å². The minimum absolute atomic E-state index is 0.0494. The number of halogens is 1. The van der Waals surface area contributed by atoms with Crippen molar-refractivity contribution in [2.45, 2.75) is 17.1 Å². The third-order valence-electron chi connectivity index (χ3n) is 5.69. The molecule has 41 heavy (non-hydrogen) atoms. The number of nitrogens with zero attached hydrogens (tertiary/aromatic N) is 1. The van der Waals surface area contributed by atoms with E-state index in [0.29, 0.717) is 33.4 Å². The maximum Gasteiger partial charge on any atom is 0.272 e. The number of thioether (sulfide) groups is 1. The van der Waals surface area contributed by atoms with Crippen LogP contribution in [0.15, 0.2) is 108 Å². The van der Waals surface area contributed by atoms with Crippen molar-refractivity contribution in [2.24, 2.45) is 0 Å². The normalized spacial score (nSPS) is 11.7. The molecule has 0 spiro atoms. The molecule has 0 saturated carbocycles. The van der Waals surface area contributed by atoms with Crippen LogP contribution in [-0.2, 0) is 9.59 Å². The number of hydrogen-bond donors (Lipinski definition) is 3. The Kier molecular flexibility index (Phi) is 10.1. The minimum Gasteiger partial charge on any atom is -0.497 e. The molecule has 0 bridgehead atoms. The minimum atomic E-state index is -0.515. The molecule has 10 heteroatoms. The smallest absolute Gasteiger partial charge is 0.272 e. The SMILES string of the molecule is COc1cccc(/C=C(\NC(=O)c2ccccc2)C(=O)Nc2cccc(SC(C)C(=O)Nc3ccc(Cl)cn3)c2)c1. The highest BCUT2D eigenvalue weighted by Gasteiger charge is 2.18. The van der Waals surface area contributed by atoms with Gasteiger partial charge < -0.3 is 20.7 Å². The van der Waals surface area contributed by atoms with Crippen molar-refractivity contribution in [1.82, 2.24) is 10.3 Å². The number of aromatic nitrogens is 1. The van der Waals surface area contributed by atoms with Gasteiger partial charge in [-0.2, -0.15) is 0 Å². The number of amides is 3. The Morgan fingerprint density at radius 1 is 0.927 bits per heavy atom. The zero-order valence-corrected chi connectivity index (χ0v) is 23.8. The fourth-order valence-electron chi connectivity index (χ4n) is 3.62. The molecular weight excluding hydrogens is 560 g/mol. The molecular formula is C31H27ClN4O4S. The molecule has 0 radical (unpaired) electrons. The van der Waals surface area contributed by atoms with E-state index in [-0.39, 0.29) is 11.6 Å². The van der Waals surface area contributed by atoms with Crippen molar-refractivity contribution in [3.05, 3.63) is 119 Å². The molecule has 3 aromatic carbocycles. The van der Waals surface area contributed by atoms with Crippen LogP contribution < -0.4 is 20.7 Å². The van der Waals surface area contributed by atoms with E-state index >= 15 is 0 Å². The molecule has 3 amide bonds. The predicted molar refractivity (Wildman–Crippen MR) is 163 cm³/mol. The molecule has 4 aromatic rings. The zero-order chi connectivity index (χ0) is 29.2. The number of carbonyl (C=O) groups excluding carboxylic acids is 3. The lowest BCUT2D eigenvalue weighted by atomic mass is 10.1. The van der Waals surface area contributed by atoms with Gasteiger partial charge in [-0.3, -0.25) is 14.4 Å². The second-order valence-electron chi connectivity index (χ2n) is 8.75. The van der Waals surface area contributed by atoms with E-state index in [1.807, 2.05) is 6.07 Å². The van der Waals surface area contributed by atoms with Gasteiger partial charge in [-0.1, -0.05) is 48.0 Å². The van der Waals surface area contributed by atoms with E-state index in [1.165, 1.54) is 18.0 Å². The lowest BCUT2D eigenvalue weighted by molar-refractivity contribution is -0.115. The maximum absolute atomic E-state index is 13.4. The Morgan fingerprint density at radius 3 is 2.44 bits per heavy atom. The number of methoxy groups -OCH3 is 1. The molecule has 4 rings (SSSR count). The fraction of sp³-hybridized carbons (Fsp3) is 0.0968. The summed E-state index contributed by atoms with van der Waals surface area (Å²) in [5.74, 6) is -0.150. The quantitative estimate of drug-likeness (QED) is 0.149. The summed E-state index contributed by atoms with van der Waals surface area (Å²) in [7, 11) is 1.55. The van der Waals surface area contributed by atoms with Gasteiger partial charge in [0.05, 0.1) is 17.4 Å². The highest BCUT2D eigenvalue weighted by atomic mass is 35.5. The van der Waals surface area contributed by atoms with Gasteiger partial charge in [0.2, 0.25) is 5.91 Å². The van der Waals surface area contributed by atoms with E-state index in [4.69, 9.17) is 16.3 Å². The Morgan fingerprint density at radius 2 is 1.71 bits per heavy atom. The molecule has 8 nitrogen and oxygen atoms in total. The van der Waals surface area contributed by atoms with Gasteiger partial charge in [0.15, 0.2) is 0 Å². The predicted octanol–water partition coefficient (Wildman–Crippen LogP) is 6.27. The fourth-order valence-corrected chi connectivity index (χ4v) is 4.66. The van der Waals surface area contributed by atoms with E-state index in [9.17, 15) is 14.4 Å². The van der Waals surface area contributed by atoms with Gasteiger partial charge in [-0.25, -0.2) is 4.98 Å².